The molecule has 3 aromatic heterocycles. The van der Waals surface area contributed by atoms with E-state index in [-0.39, 0.29) is 0 Å². The Bertz CT molecular complexity index is 3180. The largest absolute Gasteiger partial charge is 0.353 e. The Kier molecular flexibility index (Phi) is 10.9. The van der Waals surface area contributed by atoms with Crippen molar-refractivity contribution in [3.05, 3.63) is 209 Å². The topological polar surface area (TPSA) is 57.4 Å². The van der Waals surface area contributed by atoms with E-state index in [1.54, 1.807) is 0 Å². The molecule has 2 aliphatic heterocycles. The van der Waals surface area contributed by atoms with Gasteiger partial charge in [0.15, 0.2) is 0 Å². The molecule has 7 aromatic rings. The Morgan fingerprint density at radius 2 is 0.533 bits per heavy atom. The zero-order valence-corrected chi connectivity index (χ0v) is 34.3. The molecule has 0 radical (unpaired) electrons. The third kappa shape index (κ3) is 8.66. The van der Waals surface area contributed by atoms with E-state index < -0.39 is 0 Å². The second-order valence-corrected chi connectivity index (χ2v) is 15.3. The number of hydrogen-bond donors (Lipinski definition) is 2. The van der Waals surface area contributed by atoms with Crippen LogP contribution in [-0.4, -0.2) is 19.9 Å². The Morgan fingerprint density at radius 3 is 0.850 bits per heavy atom. The molecule has 0 saturated heterocycles. The van der Waals surface area contributed by atoms with Crippen molar-refractivity contribution in [2.75, 3.05) is 0 Å². The molecule has 4 aromatic carbocycles. The minimum atomic E-state index is 0.631. The van der Waals surface area contributed by atoms with Crippen molar-refractivity contribution < 1.29 is 0 Å². The molecule has 0 atom stereocenters. The predicted octanol–water partition coefficient (Wildman–Crippen LogP) is 12.9. The van der Waals surface area contributed by atoms with E-state index in [0.717, 1.165) is 49.9 Å². The molecule has 8 heteroatoms. The van der Waals surface area contributed by atoms with Crippen LogP contribution in [0.5, 0.6) is 0 Å². The quantitative estimate of drug-likeness (QED) is 0.149. The Balaban J connectivity index is 1.37. The first kappa shape index (κ1) is 38.4. The summed E-state index contributed by atoms with van der Waals surface area (Å²) in [6, 6.07) is 37.6. The molecule has 0 unspecified atom stereocenters. The molecule has 2 N–H and O–H groups in total. The van der Waals surface area contributed by atoms with E-state index in [1.807, 2.05) is 146 Å². The maximum absolute atomic E-state index is 6.20. The van der Waals surface area contributed by atoms with Gasteiger partial charge < -0.3 is 9.97 Å². The van der Waals surface area contributed by atoms with E-state index in [9.17, 15) is 0 Å². The molecule has 5 heterocycles. The summed E-state index contributed by atoms with van der Waals surface area (Å²) >= 11 is 24.8. The summed E-state index contributed by atoms with van der Waals surface area (Å²) in [6.45, 7) is 0. The first-order valence-electron chi connectivity index (χ1n) is 18.6. The molecular weight excluding hydrogens is 822 g/mol. The molecule has 0 saturated carbocycles. The lowest BCUT2D eigenvalue weighted by Crippen LogP contribution is -1.91. The molecule has 2 aliphatic rings. The summed E-state index contributed by atoms with van der Waals surface area (Å²) in [5, 5.41) is 2.54. The highest BCUT2D eigenvalue weighted by atomic mass is 35.5. The highest BCUT2D eigenvalue weighted by molar-refractivity contribution is 6.31. The van der Waals surface area contributed by atoms with E-state index in [1.165, 1.54) is 0 Å². The molecule has 8 bridgehead atoms. The lowest BCUT2D eigenvalue weighted by atomic mass is 10.1. The van der Waals surface area contributed by atoms with Crippen LogP contribution in [0.2, 0.25) is 20.1 Å². The molecule has 0 amide bonds. The normalized spacial score (nSPS) is 11.0. The average Bonchev–Trinajstić information content (AvgIpc) is 4.11. The molecule has 0 fully saturated rings. The van der Waals surface area contributed by atoms with E-state index >= 15 is 0 Å². The monoisotopic (exact) mass is 846 g/mol. The van der Waals surface area contributed by atoms with Crippen LogP contribution in [0.4, 0.5) is 0 Å². The number of halogens is 4. The van der Waals surface area contributed by atoms with Gasteiger partial charge in [-0.05, 0) is 146 Å². The lowest BCUT2D eigenvalue weighted by Gasteiger charge is -1.98. The summed E-state index contributed by atoms with van der Waals surface area (Å²) < 4.78 is 0. The van der Waals surface area contributed by atoms with Crippen LogP contribution >= 0.6 is 46.4 Å². The van der Waals surface area contributed by atoms with Gasteiger partial charge in [0.2, 0.25) is 0 Å². The van der Waals surface area contributed by atoms with Crippen molar-refractivity contribution in [3.8, 4) is 47.4 Å². The van der Waals surface area contributed by atoms with Gasteiger partial charge in [-0.3, -0.25) is 0 Å². The average molecular weight is 849 g/mol. The number of aromatic nitrogens is 4. The second-order valence-electron chi connectivity index (χ2n) is 13.5. The third-order valence-electron chi connectivity index (χ3n) is 9.46. The van der Waals surface area contributed by atoms with Crippen LogP contribution in [0.25, 0.3) is 46.4 Å². The van der Waals surface area contributed by atoms with Gasteiger partial charge in [-0.25, -0.2) is 9.97 Å². The maximum Gasteiger partial charge on any atom is 0.0816 e. The minimum Gasteiger partial charge on any atom is -0.353 e. The fourth-order valence-corrected chi connectivity index (χ4v) is 6.91. The first-order chi connectivity index (χ1) is 29.3. The van der Waals surface area contributed by atoms with E-state index in [0.29, 0.717) is 59.6 Å². The minimum absolute atomic E-state index is 0.631. The number of nitrogens with zero attached hydrogens (tertiary/aromatic N) is 2. The number of H-pyrrole nitrogens is 2. The zero-order chi connectivity index (χ0) is 41.0. The highest BCUT2D eigenvalue weighted by Gasteiger charge is 2.15. The molecule has 9 rings (SSSR count). The Morgan fingerprint density at radius 1 is 0.283 bits per heavy atom. The third-order valence-corrected chi connectivity index (χ3v) is 10.5. The van der Waals surface area contributed by atoms with Gasteiger partial charge in [0, 0.05) is 42.3 Å². The van der Waals surface area contributed by atoms with Gasteiger partial charge in [0.05, 0.1) is 67.1 Å². The summed E-state index contributed by atoms with van der Waals surface area (Å²) in [5.74, 6) is 26.9. The molecule has 0 spiro atoms. The standard InChI is InChI=1S/C52H26Cl4N4/c53-37-13-1-33(2-14-37)9-21-41-45-25-27-47(57-45)42(22-10-34-3-15-38(54)16-4-34)49-29-31-51(59-49)44(24-12-36-7-19-40(56)20-8-36)52-32-30-50(60-52)43(48-28-26-46(41)58-48)23-11-35-5-17-39(55)18-6-35/h1-8,13-20,25-32,57-58H. The van der Waals surface area contributed by atoms with Gasteiger partial charge in [-0.15, -0.1) is 0 Å². The van der Waals surface area contributed by atoms with Crippen molar-refractivity contribution >= 4 is 92.8 Å². The van der Waals surface area contributed by atoms with Crippen molar-refractivity contribution in [2.45, 2.75) is 0 Å². The van der Waals surface area contributed by atoms with Crippen LogP contribution < -0.4 is 0 Å². The summed E-state index contributed by atoms with van der Waals surface area (Å²) in [5.41, 5.74) is 11.6. The van der Waals surface area contributed by atoms with Crippen LogP contribution in [0.3, 0.4) is 0 Å². The van der Waals surface area contributed by atoms with E-state index in [4.69, 9.17) is 56.4 Å². The number of hydrogen-bond acceptors (Lipinski definition) is 2. The van der Waals surface area contributed by atoms with Crippen LogP contribution in [0, 0.1) is 47.4 Å². The predicted molar refractivity (Wildman–Crippen MR) is 249 cm³/mol. The summed E-state index contributed by atoms with van der Waals surface area (Å²) in [6.07, 6.45) is 7.78. The Labute approximate surface area is 366 Å². The van der Waals surface area contributed by atoms with Crippen LogP contribution in [0.1, 0.15) is 67.3 Å². The summed E-state index contributed by atoms with van der Waals surface area (Å²) in [4.78, 5) is 17.6. The SMILES string of the molecule is Clc1ccc(C#Cc2c3nc(c(C#Cc4ccc(Cl)cc4)c4ccc([nH]4)c(C#Cc4ccc(Cl)cc4)c4ccc([nH]4)c(C#Cc4ccc(Cl)cc4)c4nc2C=C4)C=C3)cc1. The molecule has 0 aliphatic carbocycles. The van der Waals surface area contributed by atoms with Crippen LogP contribution in [-0.2, 0) is 0 Å². The number of rotatable bonds is 0. The van der Waals surface area contributed by atoms with E-state index in [2.05, 4.69) is 57.3 Å². The van der Waals surface area contributed by atoms with Crippen molar-refractivity contribution in [1.82, 2.24) is 19.9 Å². The fourth-order valence-electron chi connectivity index (χ4n) is 6.40. The maximum atomic E-state index is 6.20. The number of benzene rings is 4. The summed E-state index contributed by atoms with van der Waals surface area (Å²) in [7, 11) is 0. The molecular formula is C52H26Cl4N4. The van der Waals surface area contributed by atoms with Crippen molar-refractivity contribution in [1.29, 1.82) is 0 Å². The van der Waals surface area contributed by atoms with Crippen molar-refractivity contribution in [3.63, 3.8) is 0 Å². The second kappa shape index (κ2) is 17.0. The first-order valence-corrected chi connectivity index (χ1v) is 20.1. The number of fused-ring (bicyclic) bond motifs is 8. The Hall–Kier alpha value is -7.12. The molecule has 60 heavy (non-hydrogen) atoms. The zero-order valence-electron chi connectivity index (χ0n) is 31.3. The van der Waals surface area contributed by atoms with Crippen LogP contribution in [0.15, 0.2) is 121 Å². The highest BCUT2D eigenvalue weighted by Crippen LogP contribution is 2.27. The molecule has 282 valence electrons. The van der Waals surface area contributed by atoms with Gasteiger partial charge in [-0.2, -0.15) is 0 Å². The van der Waals surface area contributed by atoms with Gasteiger partial charge >= 0.3 is 0 Å². The number of aromatic amines is 2. The lowest BCUT2D eigenvalue weighted by molar-refractivity contribution is 1.25. The van der Waals surface area contributed by atoms with Gasteiger partial charge in [0.25, 0.3) is 0 Å². The number of nitrogens with one attached hydrogen (secondary N) is 2. The fraction of sp³-hybridized carbons (Fsp3) is 0. The van der Waals surface area contributed by atoms with Gasteiger partial charge in [-0.1, -0.05) is 93.8 Å². The smallest absolute Gasteiger partial charge is 0.0816 e. The molecule has 4 nitrogen and oxygen atoms in total. The van der Waals surface area contributed by atoms with Gasteiger partial charge in [0.1, 0.15) is 0 Å². The van der Waals surface area contributed by atoms with Crippen molar-refractivity contribution in [2.24, 2.45) is 0 Å².